The van der Waals surface area contributed by atoms with Gasteiger partial charge in [-0.05, 0) is 31.2 Å². The summed E-state index contributed by atoms with van der Waals surface area (Å²) >= 11 is 0. The van der Waals surface area contributed by atoms with Crippen molar-refractivity contribution in [2.75, 3.05) is 0 Å². The molecule has 1 aliphatic rings. The van der Waals surface area contributed by atoms with E-state index in [1.165, 1.54) is 25.5 Å². The van der Waals surface area contributed by atoms with E-state index in [2.05, 4.69) is 0 Å². The minimum atomic E-state index is -0.928. The van der Waals surface area contributed by atoms with Gasteiger partial charge in [0.2, 0.25) is 0 Å². The fourth-order valence-electron chi connectivity index (χ4n) is 2.87. The second kappa shape index (κ2) is 7.34. The quantitative estimate of drug-likeness (QED) is 0.895. The van der Waals surface area contributed by atoms with Gasteiger partial charge in [0.15, 0.2) is 11.6 Å². The smallest absolute Gasteiger partial charge is 0.163 e. The van der Waals surface area contributed by atoms with E-state index in [4.69, 9.17) is 5.73 Å². The predicted octanol–water partition coefficient (Wildman–Crippen LogP) is 3.64. The number of nitrogens with two attached hydrogens (primary N) is 1. The summed E-state index contributed by atoms with van der Waals surface area (Å²) in [6.45, 7) is 1.51. The molecule has 0 heterocycles. The highest BCUT2D eigenvalue weighted by Crippen LogP contribution is 2.32. The number of hydrogen-bond acceptors (Lipinski definition) is 2. The van der Waals surface area contributed by atoms with Crippen LogP contribution in [-0.2, 0) is 0 Å². The second-order valence-corrected chi connectivity index (χ2v) is 5.51. The summed E-state index contributed by atoms with van der Waals surface area (Å²) in [6, 6.07) is 2.12. The van der Waals surface area contributed by atoms with Gasteiger partial charge >= 0.3 is 0 Å². The molecule has 2 nitrogen and oxygen atoms in total. The van der Waals surface area contributed by atoms with Crippen LogP contribution in [0.1, 0.15) is 49.3 Å². The Morgan fingerprint density at radius 3 is 2.35 bits per heavy atom. The van der Waals surface area contributed by atoms with Gasteiger partial charge in [-0.1, -0.05) is 31.4 Å². The zero-order valence-corrected chi connectivity index (χ0v) is 12.4. The number of benzene rings is 1. The van der Waals surface area contributed by atoms with Crippen LogP contribution in [0.2, 0.25) is 0 Å². The Hall–Kier alpha value is -0.710. The molecule has 0 aromatic heterocycles. The lowest BCUT2D eigenvalue weighted by Crippen LogP contribution is -2.35. The van der Waals surface area contributed by atoms with Gasteiger partial charge in [-0.2, -0.15) is 0 Å². The third-order valence-corrected chi connectivity index (χ3v) is 4.17. The summed E-state index contributed by atoms with van der Waals surface area (Å²) < 4.78 is 27.4. The van der Waals surface area contributed by atoms with Crippen molar-refractivity contribution in [2.24, 2.45) is 11.7 Å². The lowest BCUT2D eigenvalue weighted by atomic mass is 9.81. The molecule has 0 unspecified atom stereocenters. The van der Waals surface area contributed by atoms with Crippen LogP contribution in [0, 0.1) is 24.5 Å². The first-order valence-corrected chi connectivity index (χ1v) is 6.90. The van der Waals surface area contributed by atoms with Crippen LogP contribution >= 0.6 is 12.4 Å². The normalized spacial score (nSPS) is 19.2. The number of aliphatic hydroxyl groups excluding tert-OH is 1. The van der Waals surface area contributed by atoms with Crippen molar-refractivity contribution in [3.8, 4) is 0 Å². The molecule has 2 atom stereocenters. The lowest BCUT2D eigenvalue weighted by Gasteiger charge is -2.30. The van der Waals surface area contributed by atoms with Crippen LogP contribution in [-0.4, -0.2) is 11.2 Å². The van der Waals surface area contributed by atoms with Gasteiger partial charge in [0, 0.05) is 5.56 Å². The van der Waals surface area contributed by atoms with E-state index in [0.29, 0.717) is 0 Å². The molecule has 0 aliphatic heterocycles. The van der Waals surface area contributed by atoms with Crippen LogP contribution in [0.4, 0.5) is 8.78 Å². The summed E-state index contributed by atoms with van der Waals surface area (Å²) in [5.74, 6) is -1.71. The first-order chi connectivity index (χ1) is 9.02. The molecule has 1 aromatic carbocycles. The van der Waals surface area contributed by atoms with Crippen molar-refractivity contribution in [1.82, 2.24) is 0 Å². The third kappa shape index (κ3) is 3.48. The standard InChI is InChI=1S/C15H21F2NO.ClH/c1-9-7-8-11(13(17)12(9)16)14(18)15(19)10-5-3-2-4-6-10;/h7-8,10,14-15,19H,2-6,18H2,1H3;1H/t14-,15+;/m0./s1. The van der Waals surface area contributed by atoms with E-state index >= 15 is 0 Å². The fourth-order valence-corrected chi connectivity index (χ4v) is 2.87. The first-order valence-electron chi connectivity index (χ1n) is 6.90. The third-order valence-electron chi connectivity index (χ3n) is 4.17. The Labute approximate surface area is 124 Å². The Morgan fingerprint density at radius 2 is 1.75 bits per heavy atom. The minimum absolute atomic E-state index is 0. The Kier molecular flexibility index (Phi) is 6.37. The zero-order valence-electron chi connectivity index (χ0n) is 11.6. The number of rotatable bonds is 3. The van der Waals surface area contributed by atoms with E-state index in [1.807, 2.05) is 0 Å². The van der Waals surface area contributed by atoms with E-state index in [9.17, 15) is 13.9 Å². The molecule has 1 saturated carbocycles. The predicted molar refractivity (Wildman–Crippen MR) is 77.9 cm³/mol. The maximum Gasteiger partial charge on any atom is 0.163 e. The van der Waals surface area contributed by atoms with Crippen molar-refractivity contribution in [3.05, 3.63) is 34.9 Å². The zero-order chi connectivity index (χ0) is 14.0. The molecule has 1 aromatic rings. The molecular weight excluding hydrogens is 284 g/mol. The molecule has 20 heavy (non-hydrogen) atoms. The highest BCUT2D eigenvalue weighted by Gasteiger charge is 2.30. The van der Waals surface area contributed by atoms with Crippen molar-refractivity contribution in [3.63, 3.8) is 0 Å². The van der Waals surface area contributed by atoms with Crippen LogP contribution in [0.3, 0.4) is 0 Å². The summed E-state index contributed by atoms with van der Waals surface area (Å²) in [4.78, 5) is 0. The molecule has 0 radical (unpaired) electrons. The van der Waals surface area contributed by atoms with Gasteiger partial charge in [-0.15, -0.1) is 12.4 Å². The summed E-state index contributed by atoms with van der Waals surface area (Å²) in [5, 5.41) is 10.3. The molecule has 2 rings (SSSR count). The Balaban J connectivity index is 0.00000200. The van der Waals surface area contributed by atoms with Gasteiger partial charge in [-0.25, -0.2) is 8.78 Å². The van der Waals surface area contributed by atoms with Gasteiger partial charge in [0.1, 0.15) is 0 Å². The van der Waals surface area contributed by atoms with Crippen LogP contribution in [0.25, 0.3) is 0 Å². The molecular formula is C15H22ClF2NO. The highest BCUT2D eigenvalue weighted by molar-refractivity contribution is 5.85. The van der Waals surface area contributed by atoms with E-state index < -0.39 is 23.8 Å². The molecule has 1 aliphatic carbocycles. The summed E-state index contributed by atoms with van der Waals surface area (Å²) in [6.07, 6.45) is 4.32. The summed E-state index contributed by atoms with van der Waals surface area (Å²) in [7, 11) is 0. The van der Waals surface area contributed by atoms with Gasteiger partial charge < -0.3 is 10.8 Å². The lowest BCUT2D eigenvalue weighted by molar-refractivity contribution is 0.0606. The van der Waals surface area contributed by atoms with Gasteiger partial charge in [0.25, 0.3) is 0 Å². The average molecular weight is 306 g/mol. The van der Waals surface area contributed by atoms with E-state index in [-0.39, 0.29) is 29.5 Å². The summed E-state index contributed by atoms with van der Waals surface area (Å²) in [5.41, 5.74) is 6.25. The monoisotopic (exact) mass is 305 g/mol. The maximum absolute atomic E-state index is 13.9. The molecule has 0 amide bonds. The van der Waals surface area contributed by atoms with Gasteiger partial charge in [-0.3, -0.25) is 0 Å². The topological polar surface area (TPSA) is 46.2 Å². The molecule has 114 valence electrons. The Bertz CT molecular complexity index is 450. The van der Waals surface area contributed by atoms with Gasteiger partial charge in [0.05, 0.1) is 12.1 Å². The van der Waals surface area contributed by atoms with Crippen molar-refractivity contribution in [2.45, 2.75) is 51.2 Å². The number of hydrogen-bond donors (Lipinski definition) is 2. The number of aryl methyl sites for hydroxylation is 1. The van der Waals surface area contributed by atoms with Crippen LogP contribution < -0.4 is 5.73 Å². The second-order valence-electron chi connectivity index (χ2n) is 5.51. The van der Waals surface area contributed by atoms with E-state index in [0.717, 1.165) is 25.7 Å². The maximum atomic E-state index is 13.9. The number of halogens is 3. The SMILES string of the molecule is Cc1ccc([C@H](N)[C@H](O)C2CCCCC2)c(F)c1F.Cl. The molecule has 1 fully saturated rings. The Morgan fingerprint density at radius 1 is 1.15 bits per heavy atom. The van der Waals surface area contributed by atoms with Crippen LogP contribution in [0.15, 0.2) is 12.1 Å². The first kappa shape index (κ1) is 17.3. The molecule has 0 saturated heterocycles. The minimum Gasteiger partial charge on any atom is -0.391 e. The molecule has 0 spiro atoms. The largest absolute Gasteiger partial charge is 0.391 e. The van der Waals surface area contributed by atoms with Crippen molar-refractivity contribution >= 4 is 12.4 Å². The molecule has 3 N–H and O–H groups in total. The fraction of sp³-hybridized carbons (Fsp3) is 0.600. The molecule has 5 heteroatoms. The number of aliphatic hydroxyl groups is 1. The van der Waals surface area contributed by atoms with Crippen molar-refractivity contribution in [1.29, 1.82) is 0 Å². The average Bonchev–Trinajstić information content (AvgIpc) is 2.44. The highest BCUT2D eigenvalue weighted by atomic mass is 35.5. The van der Waals surface area contributed by atoms with Crippen molar-refractivity contribution < 1.29 is 13.9 Å². The van der Waals surface area contributed by atoms with Crippen LogP contribution in [0.5, 0.6) is 0 Å². The molecule has 0 bridgehead atoms. The van der Waals surface area contributed by atoms with E-state index in [1.54, 1.807) is 0 Å².